The largest absolute Gasteiger partial charge is 0.311 e. The Morgan fingerprint density at radius 2 is 0.946 bits per heavy atom. The van der Waals surface area contributed by atoms with E-state index in [-0.39, 0.29) is 115 Å². The van der Waals surface area contributed by atoms with Crippen LogP contribution >= 0.6 is 0 Å². The molecule has 0 atom stereocenters. The lowest BCUT2D eigenvalue weighted by Gasteiger charge is -2.45. The van der Waals surface area contributed by atoms with Gasteiger partial charge in [0.05, 0.1) is 30.4 Å². The van der Waals surface area contributed by atoms with Gasteiger partial charge in [-0.05, 0) is 127 Å². The lowest BCUT2D eigenvalue weighted by atomic mass is 9.33. The van der Waals surface area contributed by atoms with Crippen molar-refractivity contribution in [2.75, 3.05) is 9.80 Å². The number of nitrogens with zero attached hydrogens (tertiary/aromatic N) is 2. The third-order valence-electron chi connectivity index (χ3n) is 10.3. The van der Waals surface area contributed by atoms with Gasteiger partial charge in [0.25, 0.3) is 6.71 Å². The Kier molecular flexibility index (Phi) is 5.13. The van der Waals surface area contributed by atoms with Crippen molar-refractivity contribution in [1.29, 1.82) is 0 Å². The Morgan fingerprint density at radius 1 is 0.446 bits per heavy atom. The Bertz CT molecular complexity index is 3450. The minimum atomic E-state index is -1.35. The number of hydrogen-bond donors (Lipinski definition) is 0. The molecule has 0 radical (unpaired) electrons. The number of fused-ring (bicyclic) bond motifs is 4. The van der Waals surface area contributed by atoms with Gasteiger partial charge in [-0.3, -0.25) is 0 Å². The average Bonchev–Trinajstić information content (AvgIpc) is 3.26. The monoisotopic (exact) mass is 753 g/mol. The lowest BCUT2D eigenvalue weighted by molar-refractivity contribution is 0.590. The van der Waals surface area contributed by atoms with E-state index in [2.05, 4.69) is 0 Å². The van der Waals surface area contributed by atoms with Crippen molar-refractivity contribution in [3.63, 3.8) is 0 Å². The molecule has 0 saturated carbocycles. The van der Waals surface area contributed by atoms with Gasteiger partial charge < -0.3 is 9.80 Å². The molecule has 6 aromatic rings. The SMILES string of the molecule is [2H]c1c([2H])c([2H])c(-c2c([2H])c(C(C)(C)C)c([2H])c([2H])c2N2c3cc(C)cc4c3B(c3c([2H])c(C(C)(C)C)c([2H])c([2H])c3N4c3c([2H])c([2H])c(C(C)(C)C)c([2H])c3[2H])c3c([2H])c([2H])c(C(C)(C)C)c([2H])c32)c([2H])c1[2H]. The molecule has 0 saturated heterocycles. The van der Waals surface area contributed by atoms with E-state index < -0.39 is 106 Å². The fourth-order valence-electron chi connectivity index (χ4n) is 7.20. The summed E-state index contributed by atoms with van der Waals surface area (Å²) in [5.74, 6) is 0. The van der Waals surface area contributed by atoms with Crippen LogP contribution in [0.1, 0.15) is 136 Å². The van der Waals surface area contributed by atoms with Crippen LogP contribution in [-0.2, 0) is 21.7 Å². The zero-order chi connectivity index (χ0) is 55.8. The fourth-order valence-corrected chi connectivity index (χ4v) is 7.20. The van der Waals surface area contributed by atoms with Crippen LogP contribution in [0.25, 0.3) is 11.1 Å². The number of anilines is 6. The van der Waals surface area contributed by atoms with E-state index in [0.29, 0.717) is 5.56 Å². The second-order valence-electron chi connectivity index (χ2n) is 19.0. The summed E-state index contributed by atoms with van der Waals surface area (Å²) >= 11 is 0. The van der Waals surface area contributed by atoms with E-state index in [0.717, 1.165) is 0 Å². The minimum Gasteiger partial charge on any atom is -0.311 e. The van der Waals surface area contributed by atoms with Gasteiger partial charge in [-0.25, -0.2) is 0 Å². The highest BCUT2D eigenvalue weighted by Gasteiger charge is 2.44. The summed E-state index contributed by atoms with van der Waals surface area (Å²) in [4.78, 5) is 2.74. The van der Waals surface area contributed by atoms with E-state index in [1.807, 2.05) is 0 Å². The molecule has 8 rings (SSSR count). The Labute approximate surface area is 363 Å². The van der Waals surface area contributed by atoms with Crippen LogP contribution < -0.4 is 26.2 Å². The van der Waals surface area contributed by atoms with Crippen LogP contribution in [0.3, 0.4) is 0 Å². The molecule has 3 heteroatoms. The van der Waals surface area contributed by atoms with E-state index in [4.69, 9.17) is 4.11 Å². The number of benzene rings is 6. The first-order chi connectivity index (χ1) is 33.8. The van der Waals surface area contributed by atoms with Gasteiger partial charge in [-0.1, -0.05) is 156 Å². The molecule has 0 fully saturated rings. The van der Waals surface area contributed by atoms with Gasteiger partial charge >= 0.3 is 0 Å². The van der Waals surface area contributed by atoms with E-state index in [1.54, 1.807) is 102 Å². The van der Waals surface area contributed by atoms with Crippen LogP contribution in [0.15, 0.2) is 121 Å². The van der Waals surface area contributed by atoms with Crippen molar-refractivity contribution in [3.05, 3.63) is 149 Å². The number of aryl methyl sites for hydroxylation is 1. The summed E-state index contributed by atoms with van der Waals surface area (Å²) in [5.41, 5.74) is -4.55. The highest BCUT2D eigenvalue weighted by atomic mass is 15.2. The molecule has 0 aromatic heterocycles. The summed E-state index contributed by atoms with van der Waals surface area (Å²) in [5, 5.41) is 0. The zero-order valence-corrected chi connectivity index (χ0v) is 34.6. The molecule has 0 bridgehead atoms. The van der Waals surface area contributed by atoms with E-state index >= 15 is 0 Å². The third-order valence-corrected chi connectivity index (χ3v) is 10.3. The molecule has 0 N–H and O–H groups in total. The van der Waals surface area contributed by atoms with Crippen molar-refractivity contribution in [1.82, 2.24) is 0 Å². The first-order valence-corrected chi connectivity index (χ1v) is 19.1. The molecule has 2 heterocycles. The molecule has 284 valence electrons. The molecule has 0 unspecified atom stereocenters. The highest BCUT2D eigenvalue weighted by Crippen LogP contribution is 2.48. The van der Waals surface area contributed by atoms with Crippen LogP contribution in [-0.4, -0.2) is 6.71 Å². The summed E-state index contributed by atoms with van der Waals surface area (Å²) in [6.45, 7) is 21.4. The van der Waals surface area contributed by atoms with Crippen LogP contribution in [0, 0.1) is 6.92 Å². The zero-order valence-electron chi connectivity index (χ0n) is 52.6. The minimum absolute atomic E-state index is 0.00405. The van der Waals surface area contributed by atoms with Gasteiger partial charge in [-0.15, -0.1) is 0 Å². The maximum absolute atomic E-state index is 10.3. The summed E-state index contributed by atoms with van der Waals surface area (Å²) in [7, 11) is 0. The average molecular weight is 753 g/mol. The molecule has 0 aliphatic carbocycles. The normalized spacial score (nSPS) is 18.6. The maximum atomic E-state index is 10.3. The first kappa shape index (κ1) is 22.1. The van der Waals surface area contributed by atoms with Crippen molar-refractivity contribution in [2.24, 2.45) is 0 Å². The Balaban J connectivity index is 1.74. The van der Waals surface area contributed by atoms with Crippen molar-refractivity contribution in [3.8, 4) is 11.1 Å². The second-order valence-corrected chi connectivity index (χ2v) is 19.0. The van der Waals surface area contributed by atoms with Gasteiger partial charge in [0.1, 0.15) is 0 Å². The topological polar surface area (TPSA) is 6.48 Å². The summed E-state index contributed by atoms with van der Waals surface area (Å²) in [6.07, 6.45) is 0. The summed E-state index contributed by atoms with van der Waals surface area (Å²) < 4.78 is 173. The molecule has 2 nitrogen and oxygen atoms in total. The molecule has 0 amide bonds. The van der Waals surface area contributed by atoms with Crippen molar-refractivity contribution in [2.45, 2.75) is 112 Å². The third kappa shape index (κ3) is 6.47. The van der Waals surface area contributed by atoms with Gasteiger partial charge in [0.15, 0.2) is 0 Å². The standard InChI is InChI=1S/C53H59BN2/c1-34-29-47-49-48(30-34)56(44-27-22-37(51(5,6)7)31-41(44)35-17-15-14-16-18-35)46-33-39(53(11,12)13)21-26-42(46)54(49)43-32-38(52(8,9)10)23-28-45(43)55(47)40-24-19-36(20-25-40)50(2,3)4/h14-33H,1-13H3/i14D,15D,16D,17D,18D,19D,20D,21D,22D,23D,24D,25D,26D,27D,28D,31D,32D,33D. The van der Waals surface area contributed by atoms with Crippen LogP contribution in [0.2, 0.25) is 0 Å². The second kappa shape index (κ2) is 13.0. The molecule has 56 heavy (non-hydrogen) atoms. The molecule has 2 aliphatic heterocycles. The van der Waals surface area contributed by atoms with Gasteiger partial charge in [0, 0.05) is 34.0 Å². The lowest BCUT2D eigenvalue weighted by Crippen LogP contribution is -2.61. The Hall–Kier alpha value is -5.02. The van der Waals surface area contributed by atoms with Crippen LogP contribution in [0.5, 0.6) is 0 Å². The molecule has 6 aromatic carbocycles. The van der Waals surface area contributed by atoms with E-state index in [1.165, 1.54) is 9.80 Å². The molecular formula is C53H59BN2. The molecular weight excluding hydrogens is 675 g/mol. The van der Waals surface area contributed by atoms with Gasteiger partial charge in [0.2, 0.25) is 0 Å². The van der Waals surface area contributed by atoms with Crippen LogP contribution in [0.4, 0.5) is 34.1 Å². The maximum Gasteiger partial charge on any atom is 0.252 e. The van der Waals surface area contributed by atoms with Crippen molar-refractivity contribution >= 4 is 57.2 Å². The molecule has 2 aliphatic rings. The highest BCUT2D eigenvalue weighted by molar-refractivity contribution is 7.00. The first-order valence-electron chi connectivity index (χ1n) is 28.1. The van der Waals surface area contributed by atoms with E-state index in [9.17, 15) is 20.6 Å². The molecule has 0 spiro atoms. The smallest absolute Gasteiger partial charge is 0.252 e. The Morgan fingerprint density at radius 3 is 1.54 bits per heavy atom. The summed E-state index contributed by atoms with van der Waals surface area (Å²) in [6, 6.07) is -5.57. The quantitative estimate of drug-likeness (QED) is 0.166. The fraction of sp³-hybridized carbons (Fsp3) is 0.321. The van der Waals surface area contributed by atoms with Gasteiger partial charge in [-0.2, -0.15) is 0 Å². The van der Waals surface area contributed by atoms with Crippen molar-refractivity contribution < 1.29 is 24.7 Å². The number of hydrogen-bond acceptors (Lipinski definition) is 2. The predicted molar refractivity (Wildman–Crippen MR) is 245 cm³/mol. The number of rotatable bonds is 3. The predicted octanol–water partition coefficient (Wildman–Crippen LogP) is 12.9.